The van der Waals surface area contributed by atoms with Crippen molar-refractivity contribution in [1.29, 1.82) is 0 Å². The van der Waals surface area contributed by atoms with Crippen LogP contribution in [0.4, 0.5) is 11.5 Å². The van der Waals surface area contributed by atoms with Gasteiger partial charge in [-0.1, -0.05) is 0 Å². The third-order valence-electron chi connectivity index (χ3n) is 14.4. The average Bonchev–Trinajstić information content (AvgIpc) is 3.68. The summed E-state index contributed by atoms with van der Waals surface area (Å²) in [6.07, 6.45) is 11.3. The molecule has 3 saturated heterocycles. The van der Waals surface area contributed by atoms with E-state index in [4.69, 9.17) is 19.2 Å². The van der Waals surface area contributed by atoms with Crippen LogP contribution in [0.3, 0.4) is 0 Å². The summed E-state index contributed by atoms with van der Waals surface area (Å²) in [6, 6.07) is 11.4. The number of methoxy groups -OCH3 is 1. The number of rotatable bonds is 11. The molecule has 1 atom stereocenters. The van der Waals surface area contributed by atoms with E-state index < -0.39 is 11.9 Å². The van der Waals surface area contributed by atoms with Crippen LogP contribution < -0.4 is 24.6 Å². The first-order chi connectivity index (χ1) is 29.9. The number of carbonyl (C=O) groups excluding carboxylic acids is 3. The van der Waals surface area contributed by atoms with Crippen molar-refractivity contribution < 1.29 is 28.6 Å². The lowest BCUT2D eigenvalue weighted by molar-refractivity contribution is -0.136. The van der Waals surface area contributed by atoms with Crippen molar-refractivity contribution in [3.8, 4) is 22.9 Å². The molecule has 2 N–H and O–H groups in total. The van der Waals surface area contributed by atoms with Gasteiger partial charge in [0.2, 0.25) is 11.8 Å². The summed E-state index contributed by atoms with van der Waals surface area (Å²) in [5.74, 6) is 2.25. The predicted molar refractivity (Wildman–Crippen MR) is 234 cm³/mol. The average molecular weight is 846 g/mol. The third-order valence-corrected chi connectivity index (χ3v) is 14.4. The van der Waals surface area contributed by atoms with Crippen molar-refractivity contribution in [3.05, 3.63) is 53.9 Å². The van der Waals surface area contributed by atoms with Gasteiger partial charge >= 0.3 is 0 Å². The number of H-pyrrole nitrogens is 1. The normalized spacial score (nSPS) is 25.3. The number of aromatic nitrogens is 4. The molecule has 2 aromatic carbocycles. The molecule has 0 bridgehead atoms. The minimum absolute atomic E-state index is 0.0150. The molecular weight excluding hydrogens is 787 g/mol. The SMILES string of the molecule is COc1c(N2CCC(OC3CCC(CN4CCN(c5cc(-c6n[nH]c7ccc(OC8(C)CC8)cc67)ncn5)CC4(C)C)CC3)CC2)ccc2c1CN(C1CCC(=O)NC1=O)C2=O. The number of amides is 3. The topological polar surface area (TPSA) is 158 Å². The van der Waals surface area contributed by atoms with E-state index in [1.54, 1.807) is 18.3 Å². The van der Waals surface area contributed by atoms with Crippen molar-refractivity contribution in [2.24, 2.45) is 5.92 Å². The smallest absolute Gasteiger partial charge is 0.255 e. The van der Waals surface area contributed by atoms with Crippen LogP contribution in [0.15, 0.2) is 42.7 Å². The number of ether oxygens (including phenoxy) is 3. The quantitative estimate of drug-likeness (QED) is 0.174. The summed E-state index contributed by atoms with van der Waals surface area (Å²) in [5.41, 5.74) is 4.86. The molecule has 0 spiro atoms. The highest BCUT2D eigenvalue weighted by molar-refractivity contribution is 6.06. The molecule has 6 aliphatic rings. The first kappa shape index (κ1) is 40.8. The molecule has 2 saturated carbocycles. The molecule has 15 heteroatoms. The lowest BCUT2D eigenvalue weighted by atomic mass is 9.85. The fraction of sp³-hybridized carbons (Fsp3) is 0.574. The fourth-order valence-electron chi connectivity index (χ4n) is 10.5. The molecule has 6 heterocycles. The van der Waals surface area contributed by atoms with Gasteiger partial charge in [-0.25, -0.2) is 9.97 Å². The summed E-state index contributed by atoms with van der Waals surface area (Å²) in [7, 11) is 1.64. The first-order valence-electron chi connectivity index (χ1n) is 22.7. The minimum atomic E-state index is -0.654. The molecule has 1 unspecified atom stereocenters. The number of hydrogen-bond acceptors (Lipinski definition) is 12. The van der Waals surface area contributed by atoms with E-state index in [1.165, 1.54) is 12.8 Å². The Morgan fingerprint density at radius 1 is 0.855 bits per heavy atom. The second kappa shape index (κ2) is 16.1. The zero-order chi connectivity index (χ0) is 42.8. The van der Waals surface area contributed by atoms with Gasteiger partial charge in [-0.2, -0.15) is 5.10 Å². The van der Waals surface area contributed by atoms with Crippen LogP contribution in [-0.2, 0) is 20.9 Å². The largest absolute Gasteiger partial charge is 0.494 e. The maximum Gasteiger partial charge on any atom is 0.255 e. The van der Waals surface area contributed by atoms with E-state index in [0.717, 1.165) is 123 Å². The van der Waals surface area contributed by atoms with Gasteiger partial charge in [0, 0.05) is 73.8 Å². The van der Waals surface area contributed by atoms with Gasteiger partial charge in [-0.15, -0.1) is 0 Å². The zero-order valence-corrected chi connectivity index (χ0v) is 36.5. The molecule has 2 aliphatic carbocycles. The molecule has 2 aromatic heterocycles. The molecule has 328 valence electrons. The Balaban J connectivity index is 0.696. The van der Waals surface area contributed by atoms with E-state index in [-0.39, 0.29) is 35.5 Å². The molecule has 3 amide bonds. The lowest BCUT2D eigenvalue weighted by Gasteiger charge is -2.49. The van der Waals surface area contributed by atoms with Gasteiger partial charge < -0.3 is 28.9 Å². The van der Waals surface area contributed by atoms with Crippen molar-refractivity contribution in [2.75, 3.05) is 56.2 Å². The summed E-state index contributed by atoms with van der Waals surface area (Å²) in [6.45, 7) is 12.7. The van der Waals surface area contributed by atoms with Crippen LogP contribution in [0, 0.1) is 5.92 Å². The number of imide groups is 1. The third kappa shape index (κ3) is 7.97. The summed E-state index contributed by atoms with van der Waals surface area (Å²) in [4.78, 5) is 56.1. The van der Waals surface area contributed by atoms with Crippen LogP contribution in [0.1, 0.15) is 101 Å². The van der Waals surface area contributed by atoms with E-state index in [0.29, 0.717) is 36.3 Å². The maximum atomic E-state index is 13.4. The van der Waals surface area contributed by atoms with Crippen LogP contribution in [0.2, 0.25) is 0 Å². The minimum Gasteiger partial charge on any atom is -0.494 e. The number of benzene rings is 2. The summed E-state index contributed by atoms with van der Waals surface area (Å²) < 4.78 is 19.0. The molecule has 5 fully saturated rings. The predicted octanol–water partition coefficient (Wildman–Crippen LogP) is 5.87. The Morgan fingerprint density at radius 3 is 2.39 bits per heavy atom. The maximum absolute atomic E-state index is 13.4. The summed E-state index contributed by atoms with van der Waals surface area (Å²) >= 11 is 0. The van der Waals surface area contributed by atoms with E-state index in [2.05, 4.69) is 68.1 Å². The molecule has 0 radical (unpaired) electrons. The van der Waals surface area contributed by atoms with Crippen LogP contribution in [0.5, 0.6) is 11.5 Å². The van der Waals surface area contributed by atoms with Crippen LogP contribution >= 0.6 is 0 Å². The van der Waals surface area contributed by atoms with Crippen LogP contribution in [0.25, 0.3) is 22.3 Å². The van der Waals surface area contributed by atoms with Gasteiger partial charge in [0.15, 0.2) is 0 Å². The molecular formula is C47H59N9O6. The van der Waals surface area contributed by atoms with Gasteiger partial charge in [-0.05, 0) is 115 Å². The van der Waals surface area contributed by atoms with E-state index >= 15 is 0 Å². The van der Waals surface area contributed by atoms with E-state index in [1.807, 2.05) is 24.3 Å². The highest BCUT2D eigenvalue weighted by Gasteiger charge is 2.42. The Kier molecular flexibility index (Phi) is 10.6. The molecule has 15 nitrogen and oxygen atoms in total. The van der Waals surface area contributed by atoms with Gasteiger partial charge in [0.25, 0.3) is 5.91 Å². The highest BCUT2D eigenvalue weighted by atomic mass is 16.5. The lowest BCUT2D eigenvalue weighted by Crippen LogP contribution is -2.60. The van der Waals surface area contributed by atoms with Crippen LogP contribution in [-0.4, -0.2) is 123 Å². The number of anilines is 2. The Hall–Kier alpha value is -5.28. The number of hydrogen-bond donors (Lipinski definition) is 2. The standard InChI is InChI=1S/C47H59N9O6/c1-46(2)27-54(40-24-37(48-28-49-40)42-34-23-32(62-47(3)17-18-47)9-11-36(34)51-52-42)21-22-55(46)25-29-5-7-30(8-6-29)61-31-15-19-53(20-16-31)38-12-10-33-35(43(38)60-4)26-56(45(33)59)39-13-14-41(57)50-44(39)58/h9-12,23-24,28-31,39H,5-8,13-22,25-27H2,1-4H3,(H,51,52)(H,50,57,58). The number of nitrogens with zero attached hydrogens (tertiary/aromatic N) is 7. The van der Waals surface area contributed by atoms with Gasteiger partial charge in [-0.3, -0.25) is 29.7 Å². The van der Waals surface area contributed by atoms with Gasteiger partial charge in [0.05, 0.1) is 42.8 Å². The van der Waals surface area contributed by atoms with Crippen molar-refractivity contribution in [3.63, 3.8) is 0 Å². The molecule has 4 aromatic rings. The zero-order valence-electron chi connectivity index (χ0n) is 36.5. The van der Waals surface area contributed by atoms with Crippen molar-refractivity contribution in [1.82, 2.24) is 35.3 Å². The Bertz CT molecular complexity index is 2360. The fourth-order valence-corrected chi connectivity index (χ4v) is 10.5. The second-order valence-corrected chi connectivity index (χ2v) is 19.3. The number of fused-ring (bicyclic) bond motifs is 2. The Labute approximate surface area is 362 Å². The van der Waals surface area contributed by atoms with Crippen molar-refractivity contribution in [2.45, 2.75) is 121 Å². The number of aromatic amines is 1. The number of piperidine rings is 2. The number of carbonyl (C=O) groups is 3. The van der Waals surface area contributed by atoms with Crippen molar-refractivity contribution >= 4 is 40.1 Å². The molecule has 62 heavy (non-hydrogen) atoms. The first-order valence-corrected chi connectivity index (χ1v) is 22.7. The number of piperazine rings is 1. The Morgan fingerprint density at radius 2 is 1.65 bits per heavy atom. The molecule has 10 rings (SSSR count). The van der Waals surface area contributed by atoms with Gasteiger partial charge in [0.1, 0.15) is 41.0 Å². The second-order valence-electron chi connectivity index (χ2n) is 19.3. The van der Waals surface area contributed by atoms with E-state index in [9.17, 15) is 14.4 Å². The molecule has 4 aliphatic heterocycles. The highest BCUT2D eigenvalue weighted by Crippen LogP contribution is 2.43. The summed E-state index contributed by atoms with van der Waals surface area (Å²) in [5, 5.41) is 11.2. The monoisotopic (exact) mass is 845 g/mol. The number of nitrogens with one attached hydrogen (secondary N) is 2.